The van der Waals surface area contributed by atoms with Gasteiger partial charge >= 0.3 is 0 Å². The third kappa shape index (κ3) is 3.58. The highest BCUT2D eigenvalue weighted by Crippen LogP contribution is 2.28. The summed E-state index contributed by atoms with van der Waals surface area (Å²) in [5.41, 5.74) is 5.96. The zero-order chi connectivity index (χ0) is 16.4. The Balaban J connectivity index is 2.07. The van der Waals surface area contributed by atoms with Gasteiger partial charge in [0.25, 0.3) is 0 Å². The molecular formula is C13H25NO8. The summed E-state index contributed by atoms with van der Waals surface area (Å²) in [7, 11) is 1.39. The molecule has 2 aliphatic rings. The van der Waals surface area contributed by atoms with Crippen LogP contribution in [0.15, 0.2) is 0 Å². The zero-order valence-electron chi connectivity index (χ0n) is 12.6. The first-order valence-electron chi connectivity index (χ1n) is 7.28. The van der Waals surface area contributed by atoms with Gasteiger partial charge in [-0.1, -0.05) is 0 Å². The minimum atomic E-state index is -1.20. The van der Waals surface area contributed by atoms with Crippen LogP contribution in [-0.2, 0) is 18.9 Å². The monoisotopic (exact) mass is 323 g/mol. The summed E-state index contributed by atoms with van der Waals surface area (Å²) in [6.45, 7) is 1.22. The quantitative estimate of drug-likeness (QED) is 0.373. The molecule has 2 heterocycles. The van der Waals surface area contributed by atoms with Gasteiger partial charge in [0.15, 0.2) is 12.6 Å². The standard InChI is InChI=1S/C13H25NO8/c1-5-6(16)3-7(17)12(20-5)22-11-9(14)13(19-2)21-8(4-15)10(11)18/h5-13,15-18H,3-4,14H2,1-2H3/t5-,6+,7+,8-,9-,10+,11-,12+,13-/m1/s1. The van der Waals surface area contributed by atoms with E-state index in [1.54, 1.807) is 6.92 Å². The predicted molar refractivity (Wildman–Crippen MR) is 72.6 cm³/mol. The molecule has 0 aromatic rings. The number of aliphatic hydroxyl groups is 4. The molecular weight excluding hydrogens is 298 g/mol. The van der Waals surface area contributed by atoms with Gasteiger partial charge in [-0.25, -0.2) is 0 Å². The van der Waals surface area contributed by atoms with Crippen LogP contribution in [0.3, 0.4) is 0 Å². The van der Waals surface area contributed by atoms with Crippen LogP contribution >= 0.6 is 0 Å². The van der Waals surface area contributed by atoms with Crippen molar-refractivity contribution in [1.29, 1.82) is 0 Å². The van der Waals surface area contributed by atoms with Crippen LogP contribution in [-0.4, -0.2) is 89.4 Å². The molecule has 2 aliphatic heterocycles. The van der Waals surface area contributed by atoms with E-state index >= 15 is 0 Å². The number of hydrogen-bond acceptors (Lipinski definition) is 9. The number of hydrogen-bond donors (Lipinski definition) is 5. The number of methoxy groups -OCH3 is 1. The van der Waals surface area contributed by atoms with E-state index in [1.807, 2.05) is 0 Å². The van der Waals surface area contributed by atoms with Crippen molar-refractivity contribution in [3.8, 4) is 0 Å². The van der Waals surface area contributed by atoms with Gasteiger partial charge in [0.05, 0.1) is 24.9 Å². The van der Waals surface area contributed by atoms with Crippen LogP contribution in [0.5, 0.6) is 0 Å². The average molecular weight is 323 g/mol. The van der Waals surface area contributed by atoms with Crippen LogP contribution in [0.25, 0.3) is 0 Å². The maximum atomic E-state index is 10.2. The molecule has 0 aromatic carbocycles. The predicted octanol–water partition coefficient (Wildman–Crippen LogP) is -2.72. The van der Waals surface area contributed by atoms with E-state index < -0.39 is 61.9 Å². The highest BCUT2D eigenvalue weighted by molar-refractivity contribution is 4.93. The third-order valence-corrected chi connectivity index (χ3v) is 4.11. The molecule has 2 saturated heterocycles. The molecule has 0 saturated carbocycles. The Morgan fingerprint density at radius 1 is 1.14 bits per heavy atom. The molecule has 9 nitrogen and oxygen atoms in total. The molecule has 0 bridgehead atoms. The number of nitrogens with two attached hydrogens (primary N) is 1. The Morgan fingerprint density at radius 2 is 1.82 bits per heavy atom. The van der Waals surface area contributed by atoms with Crippen LogP contribution in [0, 0.1) is 0 Å². The van der Waals surface area contributed by atoms with Crippen LogP contribution < -0.4 is 5.73 Å². The zero-order valence-corrected chi connectivity index (χ0v) is 12.6. The molecule has 9 heteroatoms. The van der Waals surface area contributed by atoms with Crippen molar-refractivity contribution in [2.75, 3.05) is 13.7 Å². The maximum Gasteiger partial charge on any atom is 0.184 e. The Labute approximate surface area is 128 Å². The Morgan fingerprint density at radius 3 is 2.41 bits per heavy atom. The maximum absolute atomic E-state index is 10.2. The third-order valence-electron chi connectivity index (χ3n) is 4.11. The summed E-state index contributed by atoms with van der Waals surface area (Å²) >= 11 is 0. The van der Waals surface area contributed by atoms with E-state index in [2.05, 4.69) is 0 Å². The van der Waals surface area contributed by atoms with Gasteiger partial charge < -0.3 is 45.1 Å². The first kappa shape index (κ1) is 18.0. The Bertz CT molecular complexity index is 343. The summed E-state index contributed by atoms with van der Waals surface area (Å²) in [6, 6.07) is -0.833. The highest BCUT2D eigenvalue weighted by atomic mass is 16.7. The summed E-state index contributed by atoms with van der Waals surface area (Å²) < 4.78 is 21.4. The summed E-state index contributed by atoms with van der Waals surface area (Å²) in [5.74, 6) is 0. The van der Waals surface area contributed by atoms with Gasteiger partial charge in [0.2, 0.25) is 0 Å². The van der Waals surface area contributed by atoms with E-state index in [1.165, 1.54) is 7.11 Å². The molecule has 9 atom stereocenters. The fourth-order valence-corrected chi connectivity index (χ4v) is 2.69. The SMILES string of the molecule is CO[C@@H]1O[C@H](CO)[C@H](O)[C@H](O[C@@H]2O[C@H](C)[C@@H](O)C[C@@H]2O)[C@H]1N. The van der Waals surface area contributed by atoms with Gasteiger partial charge in [-0.15, -0.1) is 0 Å². The van der Waals surface area contributed by atoms with Gasteiger partial charge in [-0.05, 0) is 6.92 Å². The molecule has 22 heavy (non-hydrogen) atoms. The molecule has 0 amide bonds. The highest BCUT2D eigenvalue weighted by Gasteiger charge is 2.47. The lowest BCUT2D eigenvalue weighted by Gasteiger charge is -2.45. The lowest BCUT2D eigenvalue weighted by Crippen LogP contribution is -2.65. The fraction of sp³-hybridized carbons (Fsp3) is 1.00. The van der Waals surface area contributed by atoms with E-state index in [0.29, 0.717) is 0 Å². The first-order valence-corrected chi connectivity index (χ1v) is 7.28. The van der Waals surface area contributed by atoms with Gasteiger partial charge in [0, 0.05) is 13.5 Å². The molecule has 2 rings (SSSR count). The van der Waals surface area contributed by atoms with Crippen molar-refractivity contribution >= 4 is 0 Å². The van der Waals surface area contributed by atoms with Gasteiger partial charge in [-0.2, -0.15) is 0 Å². The second-order valence-corrected chi connectivity index (χ2v) is 5.71. The lowest BCUT2D eigenvalue weighted by molar-refractivity contribution is -0.323. The van der Waals surface area contributed by atoms with Crippen LogP contribution in [0.1, 0.15) is 13.3 Å². The van der Waals surface area contributed by atoms with Crippen molar-refractivity contribution in [3.63, 3.8) is 0 Å². The van der Waals surface area contributed by atoms with Crippen LogP contribution in [0.2, 0.25) is 0 Å². The minimum absolute atomic E-state index is 0.0948. The summed E-state index contributed by atoms with van der Waals surface area (Å²) in [6.07, 6.45) is -7.26. The molecule has 0 aromatic heterocycles. The lowest BCUT2D eigenvalue weighted by atomic mass is 9.97. The number of ether oxygens (including phenoxy) is 4. The Hall–Kier alpha value is -0.360. The van der Waals surface area contributed by atoms with Crippen LogP contribution in [0.4, 0.5) is 0 Å². The molecule has 2 fully saturated rings. The summed E-state index contributed by atoms with van der Waals surface area (Å²) in [4.78, 5) is 0. The number of rotatable bonds is 4. The molecule has 0 unspecified atom stereocenters. The largest absolute Gasteiger partial charge is 0.394 e. The average Bonchev–Trinajstić information content (AvgIpc) is 2.49. The molecule has 0 radical (unpaired) electrons. The topological polar surface area (TPSA) is 144 Å². The van der Waals surface area contributed by atoms with Gasteiger partial charge in [-0.3, -0.25) is 0 Å². The van der Waals surface area contributed by atoms with Crippen molar-refractivity contribution in [2.24, 2.45) is 5.73 Å². The molecule has 6 N–H and O–H groups in total. The molecule has 0 aliphatic carbocycles. The molecule has 130 valence electrons. The van der Waals surface area contributed by atoms with Crippen molar-refractivity contribution < 1.29 is 39.4 Å². The normalized spacial score (nSPS) is 50.0. The van der Waals surface area contributed by atoms with E-state index in [9.17, 15) is 20.4 Å². The Kier molecular flexibility index (Phi) is 6.11. The molecule has 0 spiro atoms. The van der Waals surface area contributed by atoms with E-state index in [4.69, 9.17) is 24.7 Å². The first-order chi connectivity index (χ1) is 10.4. The second-order valence-electron chi connectivity index (χ2n) is 5.71. The van der Waals surface area contributed by atoms with Crippen molar-refractivity contribution in [1.82, 2.24) is 0 Å². The van der Waals surface area contributed by atoms with Crippen molar-refractivity contribution in [3.05, 3.63) is 0 Å². The number of aliphatic hydroxyl groups excluding tert-OH is 4. The smallest absolute Gasteiger partial charge is 0.184 e. The van der Waals surface area contributed by atoms with E-state index in [-0.39, 0.29) is 6.42 Å². The van der Waals surface area contributed by atoms with Crippen molar-refractivity contribution in [2.45, 2.75) is 68.6 Å². The minimum Gasteiger partial charge on any atom is -0.394 e. The van der Waals surface area contributed by atoms with E-state index in [0.717, 1.165) is 0 Å². The summed E-state index contributed by atoms with van der Waals surface area (Å²) in [5, 5.41) is 39.1. The fourth-order valence-electron chi connectivity index (χ4n) is 2.69. The second kappa shape index (κ2) is 7.47. The van der Waals surface area contributed by atoms with Gasteiger partial charge in [0.1, 0.15) is 24.4 Å².